The van der Waals surface area contributed by atoms with Crippen LogP contribution >= 0.6 is 0 Å². The van der Waals surface area contributed by atoms with Crippen molar-refractivity contribution in [2.24, 2.45) is 11.8 Å². The van der Waals surface area contributed by atoms with Gasteiger partial charge in [0, 0.05) is 18.2 Å². The van der Waals surface area contributed by atoms with Gasteiger partial charge in [0.1, 0.15) is 11.4 Å². The van der Waals surface area contributed by atoms with Crippen molar-refractivity contribution >= 4 is 16.7 Å². The Morgan fingerprint density at radius 2 is 1.94 bits per heavy atom. The topological polar surface area (TPSA) is 55.8 Å². The summed E-state index contributed by atoms with van der Waals surface area (Å²) in [6.45, 7) is 8.84. The first-order valence-electron chi connectivity index (χ1n) is 13.5. The molecule has 0 saturated heterocycles. The minimum atomic E-state index is -0.483. The molecule has 2 aromatic carbocycles. The number of fused-ring (bicyclic) bond motifs is 3. The predicted molar refractivity (Wildman–Crippen MR) is 142 cm³/mol. The number of rotatable bonds is 7. The molecule has 2 unspecified atom stereocenters. The first-order chi connectivity index (χ1) is 16.8. The summed E-state index contributed by atoms with van der Waals surface area (Å²) in [5, 5.41) is 12.8. The molecular weight excluding hydrogens is 436 g/mol. The molecule has 35 heavy (non-hydrogen) atoms. The number of carbonyl (C=O) groups excluding carboxylic acids is 1. The van der Waals surface area contributed by atoms with Crippen LogP contribution in [0.1, 0.15) is 89.7 Å². The number of aliphatic hydroxyl groups excluding tert-OH is 1. The lowest BCUT2D eigenvalue weighted by molar-refractivity contribution is -0.148. The van der Waals surface area contributed by atoms with E-state index in [4.69, 9.17) is 9.47 Å². The third-order valence-electron chi connectivity index (χ3n) is 7.63. The summed E-state index contributed by atoms with van der Waals surface area (Å²) in [4.78, 5) is 12.3. The molecule has 0 radical (unpaired) electrons. The van der Waals surface area contributed by atoms with E-state index >= 15 is 0 Å². The van der Waals surface area contributed by atoms with Crippen molar-refractivity contribution in [3.63, 3.8) is 0 Å². The van der Waals surface area contributed by atoms with Gasteiger partial charge in [-0.1, -0.05) is 43.2 Å². The van der Waals surface area contributed by atoms with E-state index in [1.54, 1.807) is 6.08 Å². The molecule has 1 saturated carbocycles. The molecule has 190 valence electrons. The van der Waals surface area contributed by atoms with Crippen molar-refractivity contribution < 1.29 is 19.4 Å². The Labute approximate surface area is 210 Å². The molecule has 2 aliphatic rings. The fraction of sp³-hybridized carbons (Fsp3) is 0.581. The Morgan fingerprint density at radius 1 is 1.14 bits per heavy atom. The maximum Gasteiger partial charge on any atom is 0.331 e. The zero-order valence-corrected chi connectivity index (χ0v) is 21.9. The maximum absolute atomic E-state index is 12.3. The molecule has 2 aromatic rings. The quantitative estimate of drug-likeness (QED) is 0.340. The fourth-order valence-corrected chi connectivity index (χ4v) is 5.96. The Balaban J connectivity index is 1.46. The average Bonchev–Trinajstić information content (AvgIpc) is 2.81. The van der Waals surface area contributed by atoms with Crippen LogP contribution in [-0.4, -0.2) is 29.9 Å². The lowest BCUT2D eigenvalue weighted by atomic mass is 9.73. The minimum Gasteiger partial charge on any atom is -0.493 e. The standard InChI is InChI=1S/C31H42O4/c1-5-6-21-7-10-24-13-14-28-30(27(24)18-21)25(15-16-34-28)12-11-23-9-8-22(17-26(23)20-32)19-29(33)35-31(2,3)4/h7,10,13-14,18-19,23,25-26,32H,5-6,8-9,11-12,15-17,20H2,1-4H3/b22-19-/t23-,25?,26?/m0/s1. The summed E-state index contributed by atoms with van der Waals surface area (Å²) in [6, 6.07) is 11.2. The summed E-state index contributed by atoms with van der Waals surface area (Å²) in [5.74, 6) is 1.95. The van der Waals surface area contributed by atoms with Gasteiger partial charge in [-0.15, -0.1) is 0 Å². The zero-order valence-electron chi connectivity index (χ0n) is 21.9. The van der Waals surface area contributed by atoms with Gasteiger partial charge < -0.3 is 14.6 Å². The van der Waals surface area contributed by atoms with Crippen molar-refractivity contribution in [2.45, 2.75) is 90.6 Å². The highest BCUT2D eigenvalue weighted by atomic mass is 16.6. The molecule has 0 aromatic heterocycles. The van der Waals surface area contributed by atoms with E-state index < -0.39 is 5.60 Å². The molecular formula is C31H42O4. The molecule has 4 heteroatoms. The van der Waals surface area contributed by atoms with Crippen LogP contribution < -0.4 is 4.74 Å². The van der Waals surface area contributed by atoms with Gasteiger partial charge in [0.15, 0.2) is 0 Å². The number of aliphatic hydroxyl groups is 1. The van der Waals surface area contributed by atoms with Crippen LogP contribution in [0.3, 0.4) is 0 Å². The van der Waals surface area contributed by atoms with Crippen molar-refractivity contribution in [3.8, 4) is 5.75 Å². The second-order valence-electron chi connectivity index (χ2n) is 11.5. The first kappa shape index (κ1) is 25.8. The summed E-state index contributed by atoms with van der Waals surface area (Å²) in [6.07, 6.45) is 9.89. The normalized spacial score (nSPS) is 23.7. The number of esters is 1. The summed E-state index contributed by atoms with van der Waals surface area (Å²) < 4.78 is 11.6. The van der Waals surface area contributed by atoms with Gasteiger partial charge in [-0.2, -0.15) is 0 Å². The summed E-state index contributed by atoms with van der Waals surface area (Å²) >= 11 is 0. The molecule has 1 heterocycles. The van der Waals surface area contributed by atoms with Gasteiger partial charge in [0.2, 0.25) is 0 Å². The second-order valence-corrected chi connectivity index (χ2v) is 11.5. The third kappa shape index (κ3) is 6.46. The Kier molecular flexibility index (Phi) is 8.21. The van der Waals surface area contributed by atoms with E-state index in [0.29, 0.717) is 11.8 Å². The highest BCUT2D eigenvalue weighted by Crippen LogP contribution is 2.44. The maximum atomic E-state index is 12.3. The van der Waals surface area contributed by atoms with Gasteiger partial charge in [-0.3, -0.25) is 0 Å². The average molecular weight is 479 g/mol. The molecule has 1 aliphatic heterocycles. The number of ether oxygens (including phenoxy) is 2. The largest absolute Gasteiger partial charge is 0.493 e. The van der Waals surface area contributed by atoms with Gasteiger partial charge in [0.05, 0.1) is 6.61 Å². The molecule has 0 spiro atoms. The monoisotopic (exact) mass is 478 g/mol. The third-order valence-corrected chi connectivity index (χ3v) is 7.63. The van der Waals surface area contributed by atoms with E-state index in [0.717, 1.165) is 69.3 Å². The number of hydrogen-bond acceptors (Lipinski definition) is 4. The van der Waals surface area contributed by atoms with E-state index in [1.165, 1.54) is 21.9 Å². The van der Waals surface area contributed by atoms with Gasteiger partial charge in [-0.05, 0) is 106 Å². The minimum absolute atomic E-state index is 0.171. The molecule has 3 atom stereocenters. The van der Waals surface area contributed by atoms with Gasteiger partial charge >= 0.3 is 5.97 Å². The van der Waals surface area contributed by atoms with Crippen LogP contribution in [0.5, 0.6) is 5.75 Å². The molecule has 4 rings (SSSR count). The van der Waals surface area contributed by atoms with Crippen LogP contribution in [0, 0.1) is 11.8 Å². The molecule has 0 bridgehead atoms. The lowest BCUT2D eigenvalue weighted by Crippen LogP contribution is -2.26. The van der Waals surface area contributed by atoms with E-state index in [9.17, 15) is 9.90 Å². The van der Waals surface area contributed by atoms with E-state index in [2.05, 4.69) is 37.3 Å². The SMILES string of the molecule is CCCc1ccc2ccc3c(c2c1)C(CC[C@@H]1CC/C(=C/C(=O)OC(C)(C)C)CC1CO)CCO3. The van der Waals surface area contributed by atoms with Crippen LogP contribution in [-0.2, 0) is 16.0 Å². The Hall–Kier alpha value is -2.33. The van der Waals surface area contributed by atoms with Gasteiger partial charge in [-0.25, -0.2) is 4.79 Å². The molecule has 1 fully saturated rings. The molecule has 4 nitrogen and oxygen atoms in total. The number of allylic oxidation sites excluding steroid dienone is 1. The predicted octanol–water partition coefficient (Wildman–Crippen LogP) is 7.12. The number of aryl methyl sites for hydroxylation is 1. The van der Waals surface area contributed by atoms with Gasteiger partial charge in [0.25, 0.3) is 0 Å². The molecule has 1 aliphatic carbocycles. The van der Waals surface area contributed by atoms with Crippen molar-refractivity contribution in [2.75, 3.05) is 13.2 Å². The number of hydrogen-bond donors (Lipinski definition) is 1. The van der Waals surface area contributed by atoms with Crippen molar-refractivity contribution in [1.29, 1.82) is 0 Å². The smallest absolute Gasteiger partial charge is 0.331 e. The van der Waals surface area contributed by atoms with E-state index in [1.807, 2.05) is 20.8 Å². The fourth-order valence-electron chi connectivity index (χ4n) is 5.96. The lowest BCUT2D eigenvalue weighted by Gasteiger charge is -2.34. The highest BCUT2D eigenvalue weighted by Gasteiger charge is 2.30. The zero-order chi connectivity index (χ0) is 25.0. The number of benzene rings is 2. The highest BCUT2D eigenvalue weighted by molar-refractivity contribution is 5.89. The van der Waals surface area contributed by atoms with Crippen LogP contribution in [0.4, 0.5) is 0 Å². The van der Waals surface area contributed by atoms with Crippen LogP contribution in [0.25, 0.3) is 10.8 Å². The second kappa shape index (κ2) is 11.2. The Bertz CT molecular complexity index is 1060. The van der Waals surface area contributed by atoms with Crippen molar-refractivity contribution in [1.82, 2.24) is 0 Å². The Morgan fingerprint density at radius 3 is 2.69 bits per heavy atom. The van der Waals surface area contributed by atoms with Crippen molar-refractivity contribution in [3.05, 3.63) is 53.1 Å². The van der Waals surface area contributed by atoms with Crippen LogP contribution in [0.15, 0.2) is 42.0 Å². The number of carbonyl (C=O) groups is 1. The van der Waals surface area contributed by atoms with E-state index in [-0.39, 0.29) is 18.5 Å². The van der Waals surface area contributed by atoms with Crippen LogP contribution in [0.2, 0.25) is 0 Å². The first-order valence-corrected chi connectivity index (χ1v) is 13.5. The summed E-state index contributed by atoms with van der Waals surface area (Å²) in [5.41, 5.74) is 3.41. The molecule has 1 N–H and O–H groups in total. The summed E-state index contributed by atoms with van der Waals surface area (Å²) in [7, 11) is 0. The molecule has 0 amide bonds.